The number of ketones is 1. The van der Waals surface area contributed by atoms with Crippen molar-refractivity contribution in [3.8, 4) is 0 Å². The molecule has 0 radical (unpaired) electrons. The Kier molecular flexibility index (Phi) is 4.07. The van der Waals surface area contributed by atoms with Gasteiger partial charge in [-0.05, 0) is 12.5 Å². The highest BCUT2D eigenvalue weighted by Crippen LogP contribution is 2.28. The highest BCUT2D eigenvalue weighted by atomic mass is 16.5. The lowest BCUT2D eigenvalue weighted by Crippen LogP contribution is -2.09. The minimum Gasteiger partial charge on any atom is -0.361 e. The molecular weight excluding hydrogens is 274 g/mol. The van der Waals surface area contributed by atoms with Gasteiger partial charge in [-0.15, -0.1) is 0 Å². The van der Waals surface area contributed by atoms with Crippen molar-refractivity contribution >= 4 is 16.7 Å². The highest BCUT2D eigenvalue weighted by molar-refractivity contribution is 6.16. The predicted molar refractivity (Wildman–Crippen MR) is 88.1 cm³/mol. The normalized spacial score (nSPS) is 12.5. The van der Waals surface area contributed by atoms with Crippen LogP contribution in [0.3, 0.4) is 0 Å². The zero-order valence-electron chi connectivity index (χ0n) is 12.8. The summed E-state index contributed by atoms with van der Waals surface area (Å²) in [4.78, 5) is 12.8. The zero-order chi connectivity index (χ0) is 15.5. The van der Waals surface area contributed by atoms with Crippen molar-refractivity contribution in [2.45, 2.75) is 19.6 Å². The Labute approximate surface area is 130 Å². The molecule has 0 bridgehead atoms. The average Bonchev–Trinajstić information content (AvgIpc) is 2.96. The molecule has 0 saturated heterocycles. The van der Waals surface area contributed by atoms with Crippen molar-refractivity contribution in [1.29, 1.82) is 0 Å². The molecule has 3 heteroatoms. The van der Waals surface area contributed by atoms with Crippen LogP contribution in [0.1, 0.15) is 35.5 Å². The molecule has 1 aromatic heterocycles. The first-order valence-electron chi connectivity index (χ1n) is 7.48. The number of carbonyl (C=O) groups is 1. The van der Waals surface area contributed by atoms with E-state index >= 15 is 0 Å². The fraction of sp³-hybridized carbons (Fsp3) is 0.211. The minimum absolute atomic E-state index is 0.0431. The molecule has 1 unspecified atom stereocenters. The SMILES string of the molecule is CCC(OC)n1cc(C(=O)c2ccccc2)c2ccccc21. The smallest absolute Gasteiger partial charge is 0.195 e. The largest absolute Gasteiger partial charge is 0.361 e. The lowest BCUT2D eigenvalue weighted by Gasteiger charge is -2.16. The number of hydrogen-bond donors (Lipinski definition) is 0. The van der Waals surface area contributed by atoms with Gasteiger partial charge in [0, 0.05) is 29.8 Å². The molecule has 1 heterocycles. The molecule has 22 heavy (non-hydrogen) atoms. The number of nitrogens with zero attached hydrogens (tertiary/aromatic N) is 1. The van der Waals surface area contributed by atoms with Gasteiger partial charge in [0.15, 0.2) is 5.78 Å². The number of para-hydroxylation sites is 1. The third kappa shape index (κ3) is 2.44. The predicted octanol–water partition coefficient (Wildman–Crippen LogP) is 4.43. The maximum absolute atomic E-state index is 12.8. The van der Waals surface area contributed by atoms with Gasteiger partial charge >= 0.3 is 0 Å². The number of ether oxygens (including phenoxy) is 1. The fourth-order valence-corrected chi connectivity index (χ4v) is 2.85. The topological polar surface area (TPSA) is 31.2 Å². The summed E-state index contributed by atoms with van der Waals surface area (Å²) in [5.41, 5.74) is 2.45. The molecule has 0 aliphatic rings. The summed E-state index contributed by atoms with van der Waals surface area (Å²) in [5.74, 6) is 0.0431. The van der Waals surface area contributed by atoms with Gasteiger partial charge in [-0.3, -0.25) is 4.79 Å². The van der Waals surface area contributed by atoms with E-state index in [0.717, 1.165) is 22.9 Å². The van der Waals surface area contributed by atoms with Gasteiger partial charge in [0.2, 0.25) is 0 Å². The number of rotatable bonds is 5. The van der Waals surface area contributed by atoms with Gasteiger partial charge in [0.05, 0.1) is 5.52 Å². The molecule has 0 fully saturated rings. The lowest BCUT2D eigenvalue weighted by molar-refractivity contribution is 0.0446. The molecule has 3 rings (SSSR count). The van der Waals surface area contributed by atoms with Crippen molar-refractivity contribution in [3.63, 3.8) is 0 Å². The number of methoxy groups -OCH3 is 1. The average molecular weight is 293 g/mol. The third-order valence-corrected chi connectivity index (χ3v) is 3.95. The van der Waals surface area contributed by atoms with Crippen LogP contribution in [-0.4, -0.2) is 17.5 Å². The van der Waals surface area contributed by atoms with E-state index in [1.807, 2.05) is 65.4 Å². The Balaban J connectivity index is 2.16. The van der Waals surface area contributed by atoms with Gasteiger partial charge in [-0.25, -0.2) is 0 Å². The number of benzene rings is 2. The Morgan fingerprint density at radius 2 is 1.77 bits per heavy atom. The Morgan fingerprint density at radius 3 is 2.45 bits per heavy atom. The van der Waals surface area contributed by atoms with Crippen molar-refractivity contribution in [2.75, 3.05) is 7.11 Å². The molecule has 3 nitrogen and oxygen atoms in total. The van der Waals surface area contributed by atoms with E-state index in [1.165, 1.54) is 0 Å². The van der Waals surface area contributed by atoms with Gasteiger partial charge < -0.3 is 9.30 Å². The van der Waals surface area contributed by atoms with E-state index in [0.29, 0.717) is 5.56 Å². The number of carbonyl (C=O) groups excluding carboxylic acids is 1. The number of hydrogen-bond acceptors (Lipinski definition) is 2. The van der Waals surface area contributed by atoms with Crippen LogP contribution in [0, 0.1) is 0 Å². The third-order valence-electron chi connectivity index (χ3n) is 3.95. The second kappa shape index (κ2) is 6.16. The molecule has 0 saturated carbocycles. The van der Waals surface area contributed by atoms with Crippen molar-refractivity contribution in [1.82, 2.24) is 4.57 Å². The molecule has 0 aliphatic carbocycles. The first-order valence-corrected chi connectivity index (χ1v) is 7.48. The van der Waals surface area contributed by atoms with E-state index in [-0.39, 0.29) is 12.0 Å². The summed E-state index contributed by atoms with van der Waals surface area (Å²) in [5, 5.41) is 0.965. The summed E-state index contributed by atoms with van der Waals surface area (Å²) in [6, 6.07) is 17.3. The summed E-state index contributed by atoms with van der Waals surface area (Å²) in [6.07, 6.45) is 2.69. The Morgan fingerprint density at radius 1 is 1.09 bits per heavy atom. The van der Waals surface area contributed by atoms with E-state index in [4.69, 9.17) is 4.74 Å². The number of aromatic nitrogens is 1. The van der Waals surface area contributed by atoms with Crippen LogP contribution >= 0.6 is 0 Å². The first-order chi connectivity index (χ1) is 10.8. The Bertz CT molecular complexity index is 786. The van der Waals surface area contributed by atoms with E-state index in [9.17, 15) is 4.79 Å². The van der Waals surface area contributed by atoms with Crippen molar-refractivity contribution in [3.05, 3.63) is 71.9 Å². The molecule has 2 aromatic carbocycles. The second-order valence-corrected chi connectivity index (χ2v) is 5.26. The summed E-state index contributed by atoms with van der Waals surface area (Å²) in [7, 11) is 1.70. The highest BCUT2D eigenvalue weighted by Gasteiger charge is 2.19. The first kappa shape index (κ1) is 14.5. The molecule has 0 amide bonds. The number of fused-ring (bicyclic) bond motifs is 1. The zero-order valence-corrected chi connectivity index (χ0v) is 12.8. The molecule has 0 N–H and O–H groups in total. The van der Waals surface area contributed by atoms with Gasteiger partial charge in [-0.1, -0.05) is 55.5 Å². The second-order valence-electron chi connectivity index (χ2n) is 5.26. The van der Waals surface area contributed by atoms with E-state index in [2.05, 4.69) is 6.92 Å². The standard InChI is InChI=1S/C19H19NO2/c1-3-18(22-2)20-13-16(15-11-7-8-12-17(15)20)19(21)14-9-5-4-6-10-14/h4-13,18H,3H2,1-2H3. The van der Waals surface area contributed by atoms with Gasteiger partial charge in [-0.2, -0.15) is 0 Å². The van der Waals surface area contributed by atoms with Crippen LogP contribution < -0.4 is 0 Å². The molecule has 112 valence electrons. The molecule has 3 aromatic rings. The van der Waals surface area contributed by atoms with Crippen LogP contribution in [0.2, 0.25) is 0 Å². The van der Waals surface area contributed by atoms with Crippen LogP contribution in [0.5, 0.6) is 0 Å². The molecule has 0 aliphatic heterocycles. The maximum atomic E-state index is 12.8. The summed E-state index contributed by atoms with van der Waals surface area (Å²) >= 11 is 0. The van der Waals surface area contributed by atoms with Gasteiger partial charge in [0.25, 0.3) is 0 Å². The quantitative estimate of drug-likeness (QED) is 0.652. The molecular formula is C19H19NO2. The molecule has 1 atom stereocenters. The van der Waals surface area contributed by atoms with Crippen molar-refractivity contribution < 1.29 is 9.53 Å². The van der Waals surface area contributed by atoms with Crippen LogP contribution in [-0.2, 0) is 4.74 Å². The Hall–Kier alpha value is -2.39. The van der Waals surface area contributed by atoms with E-state index in [1.54, 1.807) is 7.11 Å². The minimum atomic E-state index is -0.0674. The lowest BCUT2D eigenvalue weighted by atomic mass is 10.0. The van der Waals surface area contributed by atoms with Gasteiger partial charge in [0.1, 0.15) is 6.23 Å². The van der Waals surface area contributed by atoms with E-state index < -0.39 is 0 Å². The summed E-state index contributed by atoms with van der Waals surface area (Å²) in [6.45, 7) is 2.07. The van der Waals surface area contributed by atoms with Crippen molar-refractivity contribution in [2.24, 2.45) is 0 Å². The summed E-state index contributed by atoms with van der Waals surface area (Å²) < 4.78 is 7.59. The molecule has 0 spiro atoms. The fourth-order valence-electron chi connectivity index (χ4n) is 2.85. The monoisotopic (exact) mass is 293 g/mol. The van der Waals surface area contributed by atoms with Crippen LogP contribution in [0.15, 0.2) is 60.8 Å². The maximum Gasteiger partial charge on any atom is 0.195 e. The van der Waals surface area contributed by atoms with Crippen LogP contribution in [0.4, 0.5) is 0 Å². The van der Waals surface area contributed by atoms with Crippen LogP contribution in [0.25, 0.3) is 10.9 Å².